The van der Waals surface area contributed by atoms with Crippen LogP contribution in [0.3, 0.4) is 0 Å². The minimum absolute atomic E-state index is 0.141. The van der Waals surface area contributed by atoms with Crippen molar-refractivity contribution in [1.29, 1.82) is 0 Å². The zero-order chi connectivity index (χ0) is 21.4. The van der Waals surface area contributed by atoms with Crippen molar-refractivity contribution in [1.82, 2.24) is 10.0 Å². The topological polar surface area (TPSA) is 84.5 Å². The highest BCUT2D eigenvalue weighted by molar-refractivity contribution is 7.88. The van der Waals surface area contributed by atoms with Crippen molar-refractivity contribution in [2.75, 3.05) is 7.05 Å². The minimum Gasteiger partial charge on any atom is -0.489 e. The van der Waals surface area contributed by atoms with Gasteiger partial charge in [-0.25, -0.2) is 13.1 Å². The smallest absolute Gasteiger partial charge is 0.251 e. The molecule has 0 atom stereocenters. The molecule has 0 radical (unpaired) electrons. The number of rotatable bonds is 9. The van der Waals surface area contributed by atoms with Gasteiger partial charge in [0, 0.05) is 12.1 Å². The van der Waals surface area contributed by atoms with Crippen LogP contribution in [-0.2, 0) is 28.9 Å². The average molecular weight is 425 g/mol. The number of sulfonamides is 1. The van der Waals surface area contributed by atoms with Crippen LogP contribution in [0.25, 0.3) is 0 Å². The molecule has 0 fully saturated rings. The standard InChI is InChI=1S/C23H24N2O4S/c1-24-30(27,28)17-21-11-6-5-10-20(21)15-25-23(26)19-12-7-13-22(14-19)29-16-18-8-3-2-4-9-18/h2-14,24H,15-17H2,1H3,(H,25,26). The Morgan fingerprint density at radius 3 is 2.33 bits per heavy atom. The van der Waals surface area contributed by atoms with Gasteiger partial charge < -0.3 is 10.1 Å². The molecule has 0 saturated carbocycles. The van der Waals surface area contributed by atoms with E-state index in [4.69, 9.17) is 4.74 Å². The first-order valence-electron chi connectivity index (χ1n) is 9.50. The number of carbonyl (C=O) groups is 1. The number of benzene rings is 3. The molecule has 3 aromatic carbocycles. The third kappa shape index (κ3) is 6.17. The molecule has 3 aromatic rings. The van der Waals surface area contributed by atoms with Gasteiger partial charge in [-0.05, 0) is 41.9 Å². The number of hydrogen-bond acceptors (Lipinski definition) is 4. The largest absolute Gasteiger partial charge is 0.489 e. The summed E-state index contributed by atoms with van der Waals surface area (Å²) in [5.74, 6) is 0.205. The Labute approximate surface area is 177 Å². The number of ether oxygens (including phenoxy) is 1. The molecule has 30 heavy (non-hydrogen) atoms. The second-order valence-corrected chi connectivity index (χ2v) is 8.64. The van der Waals surface area contributed by atoms with Crippen LogP contribution < -0.4 is 14.8 Å². The van der Waals surface area contributed by atoms with Crippen LogP contribution in [0.1, 0.15) is 27.0 Å². The molecule has 0 aliphatic carbocycles. The van der Waals surface area contributed by atoms with E-state index in [1.807, 2.05) is 36.4 Å². The molecule has 2 N–H and O–H groups in total. The third-order valence-electron chi connectivity index (χ3n) is 4.56. The number of nitrogens with one attached hydrogen (secondary N) is 2. The van der Waals surface area contributed by atoms with Gasteiger partial charge in [0.25, 0.3) is 5.91 Å². The van der Waals surface area contributed by atoms with E-state index in [2.05, 4.69) is 10.0 Å². The Hall–Kier alpha value is -3.16. The molecular formula is C23H24N2O4S. The van der Waals surface area contributed by atoms with E-state index in [1.165, 1.54) is 7.05 Å². The predicted octanol–water partition coefficient (Wildman–Crippen LogP) is 3.24. The van der Waals surface area contributed by atoms with Crippen LogP contribution in [0.4, 0.5) is 0 Å². The maximum Gasteiger partial charge on any atom is 0.251 e. The Bertz CT molecular complexity index is 1100. The summed E-state index contributed by atoms with van der Waals surface area (Å²) in [6, 6.07) is 23.9. The number of amides is 1. The SMILES string of the molecule is CNS(=O)(=O)Cc1ccccc1CNC(=O)c1cccc(OCc2ccccc2)c1. The van der Waals surface area contributed by atoms with Gasteiger partial charge in [-0.3, -0.25) is 4.79 Å². The van der Waals surface area contributed by atoms with Gasteiger partial charge in [0.05, 0.1) is 5.75 Å². The van der Waals surface area contributed by atoms with Crippen LogP contribution >= 0.6 is 0 Å². The van der Waals surface area contributed by atoms with E-state index in [-0.39, 0.29) is 18.2 Å². The summed E-state index contributed by atoms with van der Waals surface area (Å²) in [7, 11) is -2.02. The van der Waals surface area contributed by atoms with Gasteiger partial charge in [-0.2, -0.15) is 0 Å². The molecule has 0 aromatic heterocycles. The normalized spacial score (nSPS) is 11.1. The highest BCUT2D eigenvalue weighted by Crippen LogP contribution is 2.16. The summed E-state index contributed by atoms with van der Waals surface area (Å²) < 4.78 is 31.8. The fourth-order valence-corrected chi connectivity index (χ4v) is 3.73. The molecule has 0 unspecified atom stereocenters. The minimum atomic E-state index is -3.40. The molecule has 6 nitrogen and oxygen atoms in total. The average Bonchev–Trinajstić information content (AvgIpc) is 2.77. The Kier molecular flexibility index (Phi) is 7.21. The van der Waals surface area contributed by atoms with Crippen molar-refractivity contribution in [2.24, 2.45) is 0 Å². The zero-order valence-electron chi connectivity index (χ0n) is 16.7. The first-order chi connectivity index (χ1) is 14.5. The van der Waals surface area contributed by atoms with Crippen molar-refractivity contribution in [2.45, 2.75) is 18.9 Å². The first-order valence-corrected chi connectivity index (χ1v) is 11.1. The van der Waals surface area contributed by atoms with Crippen molar-refractivity contribution < 1.29 is 17.9 Å². The van der Waals surface area contributed by atoms with Gasteiger partial charge in [-0.1, -0.05) is 60.7 Å². The number of hydrogen-bond donors (Lipinski definition) is 2. The van der Waals surface area contributed by atoms with Crippen molar-refractivity contribution in [3.63, 3.8) is 0 Å². The lowest BCUT2D eigenvalue weighted by Gasteiger charge is -2.12. The van der Waals surface area contributed by atoms with Crippen LogP contribution in [0.2, 0.25) is 0 Å². The van der Waals surface area contributed by atoms with E-state index in [0.717, 1.165) is 11.1 Å². The Morgan fingerprint density at radius 1 is 0.900 bits per heavy atom. The molecule has 7 heteroatoms. The van der Waals surface area contributed by atoms with Gasteiger partial charge in [-0.15, -0.1) is 0 Å². The molecule has 0 saturated heterocycles. The van der Waals surface area contributed by atoms with E-state index in [1.54, 1.807) is 42.5 Å². The lowest BCUT2D eigenvalue weighted by atomic mass is 10.1. The molecule has 0 bridgehead atoms. The predicted molar refractivity (Wildman–Crippen MR) is 117 cm³/mol. The lowest BCUT2D eigenvalue weighted by molar-refractivity contribution is 0.0950. The van der Waals surface area contributed by atoms with Crippen molar-refractivity contribution >= 4 is 15.9 Å². The van der Waals surface area contributed by atoms with Crippen molar-refractivity contribution in [3.8, 4) is 5.75 Å². The quantitative estimate of drug-likeness (QED) is 0.552. The third-order valence-corrected chi connectivity index (χ3v) is 5.87. The van der Waals surface area contributed by atoms with Crippen LogP contribution in [0.15, 0.2) is 78.9 Å². The fourth-order valence-electron chi connectivity index (χ4n) is 2.89. The maximum atomic E-state index is 12.6. The van der Waals surface area contributed by atoms with Gasteiger partial charge in [0.2, 0.25) is 10.0 Å². The van der Waals surface area contributed by atoms with Crippen molar-refractivity contribution in [3.05, 3.63) is 101 Å². The first kappa shape index (κ1) is 21.5. The lowest BCUT2D eigenvalue weighted by Crippen LogP contribution is -2.25. The summed E-state index contributed by atoms with van der Waals surface area (Å²) in [5.41, 5.74) is 2.91. The summed E-state index contributed by atoms with van der Waals surface area (Å²) in [5, 5.41) is 2.85. The van der Waals surface area contributed by atoms with Crippen LogP contribution in [-0.4, -0.2) is 21.4 Å². The summed E-state index contributed by atoms with van der Waals surface area (Å²) >= 11 is 0. The molecule has 0 aliphatic heterocycles. The summed E-state index contributed by atoms with van der Waals surface area (Å²) in [6.45, 7) is 0.641. The Morgan fingerprint density at radius 2 is 1.60 bits per heavy atom. The van der Waals surface area contributed by atoms with Gasteiger partial charge >= 0.3 is 0 Å². The number of carbonyl (C=O) groups excluding carboxylic acids is 1. The molecular weight excluding hydrogens is 400 g/mol. The maximum absolute atomic E-state index is 12.6. The van der Waals surface area contributed by atoms with Gasteiger partial charge in [0.15, 0.2) is 0 Å². The molecule has 0 spiro atoms. The highest BCUT2D eigenvalue weighted by atomic mass is 32.2. The summed E-state index contributed by atoms with van der Waals surface area (Å²) in [6.07, 6.45) is 0. The van der Waals surface area contributed by atoms with E-state index in [0.29, 0.717) is 23.5 Å². The fraction of sp³-hybridized carbons (Fsp3) is 0.174. The van der Waals surface area contributed by atoms with Crippen LogP contribution in [0, 0.1) is 0 Å². The monoisotopic (exact) mass is 424 g/mol. The second-order valence-electron chi connectivity index (χ2n) is 6.72. The highest BCUT2D eigenvalue weighted by Gasteiger charge is 2.13. The molecule has 0 aliphatic rings. The van der Waals surface area contributed by atoms with Crippen LogP contribution in [0.5, 0.6) is 5.75 Å². The molecule has 156 valence electrons. The molecule has 0 heterocycles. The molecule has 1 amide bonds. The Balaban J connectivity index is 1.63. The zero-order valence-corrected chi connectivity index (χ0v) is 17.5. The van der Waals surface area contributed by atoms with E-state index >= 15 is 0 Å². The van der Waals surface area contributed by atoms with E-state index < -0.39 is 10.0 Å². The van der Waals surface area contributed by atoms with E-state index in [9.17, 15) is 13.2 Å². The summed E-state index contributed by atoms with van der Waals surface area (Å²) in [4.78, 5) is 12.6. The second kappa shape index (κ2) is 10.0. The molecule has 3 rings (SSSR count). The van der Waals surface area contributed by atoms with Gasteiger partial charge in [0.1, 0.15) is 12.4 Å².